The van der Waals surface area contributed by atoms with E-state index in [0.717, 1.165) is 16.8 Å². The van der Waals surface area contributed by atoms with Gasteiger partial charge in [0, 0.05) is 5.56 Å². The van der Waals surface area contributed by atoms with Crippen molar-refractivity contribution < 1.29 is 4.39 Å². The van der Waals surface area contributed by atoms with Crippen molar-refractivity contribution in [1.29, 1.82) is 0 Å². The summed E-state index contributed by atoms with van der Waals surface area (Å²) < 4.78 is 14.9. The van der Waals surface area contributed by atoms with Crippen LogP contribution in [0.1, 0.15) is 11.1 Å². The highest BCUT2D eigenvalue weighted by Gasteiger charge is 2.13. The SMILES string of the molecule is Cc1ccc(C)c(-n2nnnc2-c2ccc(F)c(N)c2)c1. The van der Waals surface area contributed by atoms with Gasteiger partial charge in [-0.2, -0.15) is 4.68 Å². The number of nitrogens with zero attached hydrogens (tertiary/aromatic N) is 4. The molecule has 2 N–H and O–H groups in total. The highest BCUT2D eigenvalue weighted by molar-refractivity contribution is 5.63. The average Bonchev–Trinajstić information content (AvgIpc) is 2.93. The van der Waals surface area contributed by atoms with Crippen LogP contribution in [0.3, 0.4) is 0 Å². The molecular formula is C15H14FN5. The Bertz CT molecular complexity index is 810. The maximum atomic E-state index is 13.3. The van der Waals surface area contributed by atoms with Crippen LogP contribution < -0.4 is 5.73 Å². The molecule has 0 atom stereocenters. The van der Waals surface area contributed by atoms with Crippen LogP contribution in [0.25, 0.3) is 17.1 Å². The van der Waals surface area contributed by atoms with Crippen molar-refractivity contribution in [1.82, 2.24) is 20.2 Å². The fourth-order valence-corrected chi connectivity index (χ4v) is 2.16. The lowest BCUT2D eigenvalue weighted by atomic mass is 10.1. The average molecular weight is 283 g/mol. The van der Waals surface area contributed by atoms with E-state index in [4.69, 9.17) is 5.73 Å². The molecule has 21 heavy (non-hydrogen) atoms. The smallest absolute Gasteiger partial charge is 0.187 e. The number of anilines is 1. The molecule has 0 unspecified atom stereocenters. The van der Waals surface area contributed by atoms with Gasteiger partial charge in [0.05, 0.1) is 11.4 Å². The first-order valence-electron chi connectivity index (χ1n) is 6.47. The number of nitrogens with two attached hydrogens (primary N) is 1. The summed E-state index contributed by atoms with van der Waals surface area (Å²) in [4.78, 5) is 0. The van der Waals surface area contributed by atoms with Gasteiger partial charge >= 0.3 is 0 Å². The normalized spacial score (nSPS) is 10.8. The molecule has 0 aliphatic heterocycles. The maximum absolute atomic E-state index is 13.3. The quantitative estimate of drug-likeness (QED) is 0.734. The van der Waals surface area contributed by atoms with Crippen LogP contribution in [0.15, 0.2) is 36.4 Å². The molecule has 1 heterocycles. The molecule has 0 bridgehead atoms. The minimum Gasteiger partial charge on any atom is -0.396 e. The zero-order valence-electron chi connectivity index (χ0n) is 11.7. The maximum Gasteiger partial charge on any atom is 0.187 e. The molecular weight excluding hydrogens is 269 g/mol. The Balaban J connectivity index is 2.17. The Kier molecular flexibility index (Phi) is 3.13. The Hall–Kier alpha value is -2.76. The second-order valence-electron chi connectivity index (χ2n) is 4.94. The molecule has 0 aliphatic carbocycles. The lowest BCUT2D eigenvalue weighted by molar-refractivity contribution is 0.632. The Morgan fingerprint density at radius 2 is 1.90 bits per heavy atom. The molecule has 0 fully saturated rings. The number of halogens is 1. The summed E-state index contributed by atoms with van der Waals surface area (Å²) in [6.45, 7) is 3.99. The van der Waals surface area contributed by atoms with Gasteiger partial charge < -0.3 is 5.73 Å². The van der Waals surface area contributed by atoms with Gasteiger partial charge in [0.1, 0.15) is 5.82 Å². The number of nitrogen functional groups attached to an aromatic ring is 1. The largest absolute Gasteiger partial charge is 0.396 e. The fraction of sp³-hybridized carbons (Fsp3) is 0.133. The molecule has 0 amide bonds. The monoisotopic (exact) mass is 283 g/mol. The third-order valence-electron chi connectivity index (χ3n) is 3.32. The summed E-state index contributed by atoms with van der Waals surface area (Å²) in [5, 5.41) is 11.8. The van der Waals surface area contributed by atoms with E-state index in [2.05, 4.69) is 15.5 Å². The number of hydrogen-bond acceptors (Lipinski definition) is 4. The van der Waals surface area contributed by atoms with E-state index in [9.17, 15) is 4.39 Å². The molecule has 0 radical (unpaired) electrons. The van der Waals surface area contributed by atoms with Crippen molar-refractivity contribution in [2.45, 2.75) is 13.8 Å². The van der Waals surface area contributed by atoms with E-state index in [1.54, 1.807) is 10.7 Å². The topological polar surface area (TPSA) is 69.6 Å². The first kappa shape index (κ1) is 13.2. The zero-order chi connectivity index (χ0) is 15.0. The number of aromatic nitrogens is 4. The lowest BCUT2D eigenvalue weighted by Gasteiger charge is -2.09. The number of benzene rings is 2. The van der Waals surface area contributed by atoms with Crippen LogP contribution in [-0.4, -0.2) is 20.2 Å². The van der Waals surface area contributed by atoms with Crippen molar-refractivity contribution >= 4 is 5.69 Å². The van der Waals surface area contributed by atoms with Crippen molar-refractivity contribution in [3.8, 4) is 17.1 Å². The van der Waals surface area contributed by atoms with Crippen LogP contribution in [0.2, 0.25) is 0 Å². The number of rotatable bonds is 2. The van der Waals surface area contributed by atoms with Crippen molar-refractivity contribution in [2.75, 3.05) is 5.73 Å². The highest BCUT2D eigenvalue weighted by Crippen LogP contribution is 2.24. The molecule has 1 aromatic heterocycles. The van der Waals surface area contributed by atoms with E-state index in [0.29, 0.717) is 11.4 Å². The second kappa shape index (κ2) is 4.97. The third-order valence-corrected chi connectivity index (χ3v) is 3.32. The molecule has 3 aromatic rings. The Morgan fingerprint density at radius 1 is 1.10 bits per heavy atom. The van der Waals surface area contributed by atoms with Crippen molar-refractivity contribution in [3.63, 3.8) is 0 Å². The Morgan fingerprint density at radius 3 is 2.67 bits per heavy atom. The van der Waals surface area contributed by atoms with Crippen molar-refractivity contribution in [2.24, 2.45) is 0 Å². The number of hydrogen-bond donors (Lipinski definition) is 1. The van der Waals surface area contributed by atoms with Crippen LogP contribution in [0.4, 0.5) is 10.1 Å². The van der Waals surface area contributed by atoms with Gasteiger partial charge in [0.2, 0.25) is 0 Å². The molecule has 2 aromatic carbocycles. The fourth-order valence-electron chi connectivity index (χ4n) is 2.16. The molecule has 0 saturated heterocycles. The second-order valence-corrected chi connectivity index (χ2v) is 4.94. The summed E-state index contributed by atoms with van der Waals surface area (Å²) in [7, 11) is 0. The minimum atomic E-state index is -0.454. The van der Waals surface area contributed by atoms with Crippen LogP contribution >= 0.6 is 0 Å². The van der Waals surface area contributed by atoms with Gasteiger partial charge in [0.15, 0.2) is 5.82 Å². The Labute approximate surface area is 121 Å². The number of aryl methyl sites for hydroxylation is 2. The molecule has 106 valence electrons. The van der Waals surface area contributed by atoms with Gasteiger partial charge in [-0.25, -0.2) is 4.39 Å². The first-order chi connectivity index (χ1) is 10.1. The van der Waals surface area contributed by atoms with E-state index in [-0.39, 0.29) is 5.69 Å². The zero-order valence-corrected chi connectivity index (χ0v) is 11.7. The van der Waals surface area contributed by atoms with E-state index in [1.165, 1.54) is 12.1 Å². The summed E-state index contributed by atoms with van der Waals surface area (Å²) >= 11 is 0. The number of tetrazole rings is 1. The molecule has 0 aliphatic rings. The predicted octanol–water partition coefficient (Wildman–Crippen LogP) is 2.67. The van der Waals surface area contributed by atoms with Gasteiger partial charge in [-0.15, -0.1) is 5.10 Å². The predicted molar refractivity (Wildman–Crippen MR) is 78.4 cm³/mol. The molecule has 6 heteroatoms. The van der Waals surface area contributed by atoms with Gasteiger partial charge in [0.25, 0.3) is 0 Å². The summed E-state index contributed by atoms with van der Waals surface area (Å²) in [5.41, 5.74) is 9.40. The summed E-state index contributed by atoms with van der Waals surface area (Å²) in [6.07, 6.45) is 0. The van der Waals surface area contributed by atoms with E-state index < -0.39 is 5.82 Å². The van der Waals surface area contributed by atoms with Crippen molar-refractivity contribution in [3.05, 3.63) is 53.3 Å². The molecule has 0 saturated carbocycles. The van der Waals surface area contributed by atoms with Crippen LogP contribution in [0.5, 0.6) is 0 Å². The van der Waals surface area contributed by atoms with Gasteiger partial charge in [-0.1, -0.05) is 12.1 Å². The molecule has 5 nitrogen and oxygen atoms in total. The van der Waals surface area contributed by atoms with Crippen LogP contribution in [-0.2, 0) is 0 Å². The van der Waals surface area contributed by atoms with Gasteiger partial charge in [-0.3, -0.25) is 0 Å². The lowest BCUT2D eigenvalue weighted by Crippen LogP contribution is -2.03. The minimum absolute atomic E-state index is 0.0722. The van der Waals surface area contributed by atoms with Crippen LogP contribution in [0, 0.1) is 19.7 Å². The first-order valence-corrected chi connectivity index (χ1v) is 6.47. The summed E-state index contributed by atoms with van der Waals surface area (Å²) in [5.74, 6) is 0.0694. The van der Waals surface area contributed by atoms with E-state index >= 15 is 0 Å². The summed E-state index contributed by atoms with van der Waals surface area (Å²) in [6, 6.07) is 10.5. The van der Waals surface area contributed by atoms with Gasteiger partial charge in [-0.05, 0) is 59.7 Å². The molecule has 3 rings (SSSR count). The highest BCUT2D eigenvalue weighted by atomic mass is 19.1. The third kappa shape index (κ3) is 2.35. The standard InChI is InChI=1S/C15H14FN5/c1-9-3-4-10(2)14(7-9)21-15(18-19-20-21)11-5-6-12(16)13(17)8-11/h3-8H,17H2,1-2H3. The molecule has 0 spiro atoms. The van der Waals surface area contributed by atoms with E-state index in [1.807, 2.05) is 32.0 Å².